The van der Waals surface area contributed by atoms with Crippen molar-refractivity contribution in [3.8, 4) is 0 Å². The summed E-state index contributed by atoms with van der Waals surface area (Å²) in [4.78, 5) is 0.444. The molecule has 0 aromatic heterocycles. The van der Waals surface area contributed by atoms with E-state index >= 15 is 0 Å². The first kappa shape index (κ1) is 16.5. The van der Waals surface area contributed by atoms with Crippen LogP contribution in [0.25, 0.3) is 0 Å². The van der Waals surface area contributed by atoms with Gasteiger partial charge in [-0.25, -0.2) is 13.1 Å². The zero-order valence-corrected chi connectivity index (χ0v) is 13.8. The first-order chi connectivity index (χ1) is 10.1. The molecule has 0 unspecified atom stereocenters. The number of sulfonamides is 1. The van der Waals surface area contributed by atoms with Crippen LogP contribution in [0, 0.1) is 5.92 Å². The Morgan fingerprint density at radius 2 is 2.00 bits per heavy atom. The molecule has 1 aromatic rings. The highest BCUT2D eigenvalue weighted by molar-refractivity contribution is 7.89. The van der Waals surface area contributed by atoms with Crippen LogP contribution >= 0.6 is 0 Å². The molecule has 4 nitrogen and oxygen atoms in total. The van der Waals surface area contributed by atoms with Crippen LogP contribution in [0.5, 0.6) is 0 Å². The van der Waals surface area contributed by atoms with Gasteiger partial charge in [-0.3, -0.25) is 0 Å². The second kappa shape index (κ2) is 7.38. The smallest absolute Gasteiger partial charge is 0.240 e. The third-order valence-electron chi connectivity index (χ3n) is 4.17. The Morgan fingerprint density at radius 1 is 1.24 bits per heavy atom. The lowest BCUT2D eigenvalue weighted by Crippen LogP contribution is -2.32. The van der Waals surface area contributed by atoms with Gasteiger partial charge < -0.3 is 5.32 Å². The summed E-state index contributed by atoms with van der Waals surface area (Å²) >= 11 is 0. The van der Waals surface area contributed by atoms with Gasteiger partial charge in [-0.15, -0.1) is 0 Å². The minimum Gasteiger partial charge on any atom is -0.313 e. The van der Waals surface area contributed by atoms with Gasteiger partial charge in [0.05, 0.1) is 4.90 Å². The highest BCUT2D eigenvalue weighted by Crippen LogP contribution is 2.26. The normalized spacial score (nSPS) is 15.9. The summed E-state index contributed by atoms with van der Waals surface area (Å²) in [6.45, 7) is 6.18. The second-order valence-corrected chi connectivity index (χ2v) is 7.46. The predicted molar refractivity (Wildman–Crippen MR) is 85.7 cm³/mol. The first-order valence-corrected chi connectivity index (χ1v) is 9.37. The molecule has 0 aliphatic heterocycles. The fourth-order valence-corrected chi connectivity index (χ4v) is 4.00. The number of hydrogen-bond donors (Lipinski definition) is 2. The Morgan fingerprint density at radius 3 is 2.57 bits per heavy atom. The van der Waals surface area contributed by atoms with Crippen LogP contribution in [0.15, 0.2) is 23.1 Å². The largest absolute Gasteiger partial charge is 0.313 e. The molecule has 0 radical (unpaired) electrons. The van der Waals surface area contributed by atoms with Gasteiger partial charge in [0.2, 0.25) is 10.0 Å². The van der Waals surface area contributed by atoms with Crippen molar-refractivity contribution in [2.45, 2.75) is 51.0 Å². The molecule has 1 saturated carbocycles. The highest BCUT2D eigenvalue weighted by Gasteiger charge is 2.23. The Kier molecular flexibility index (Phi) is 5.79. The van der Waals surface area contributed by atoms with E-state index in [1.54, 1.807) is 0 Å². The molecule has 1 aromatic carbocycles. The van der Waals surface area contributed by atoms with Crippen LogP contribution in [0.3, 0.4) is 0 Å². The summed E-state index contributed by atoms with van der Waals surface area (Å²) in [5.41, 5.74) is 1.90. The van der Waals surface area contributed by atoms with E-state index in [4.69, 9.17) is 0 Å². The maximum Gasteiger partial charge on any atom is 0.240 e. The fourth-order valence-electron chi connectivity index (χ4n) is 2.52. The van der Waals surface area contributed by atoms with Crippen LogP contribution in [0.2, 0.25) is 0 Å². The summed E-state index contributed by atoms with van der Waals surface area (Å²) in [6.07, 6.45) is 4.24. The Hall–Kier alpha value is -0.910. The van der Waals surface area contributed by atoms with Crippen LogP contribution in [0.1, 0.15) is 44.2 Å². The number of benzene rings is 1. The van der Waals surface area contributed by atoms with Crippen LogP contribution in [0.4, 0.5) is 0 Å². The van der Waals surface area contributed by atoms with Gasteiger partial charge in [0.15, 0.2) is 0 Å². The zero-order chi connectivity index (χ0) is 15.3. The zero-order valence-electron chi connectivity index (χ0n) is 13.0. The van der Waals surface area contributed by atoms with Crippen molar-refractivity contribution in [3.63, 3.8) is 0 Å². The average Bonchev–Trinajstić information content (AvgIpc) is 2.43. The van der Waals surface area contributed by atoms with E-state index in [1.807, 2.05) is 32.0 Å². The Balaban J connectivity index is 2.17. The minimum atomic E-state index is -3.40. The molecule has 2 N–H and O–H groups in total. The summed E-state index contributed by atoms with van der Waals surface area (Å²) in [7, 11) is -3.40. The molecule has 0 bridgehead atoms. The summed E-state index contributed by atoms with van der Waals surface area (Å²) in [5.74, 6) is 0.523. The third kappa shape index (κ3) is 4.28. The SMILES string of the molecule is CCNCc1ccc(CC)c(S(=O)(=O)NCC2CCC2)c1. The van der Waals surface area contributed by atoms with Crippen molar-refractivity contribution in [1.29, 1.82) is 0 Å². The molecule has 21 heavy (non-hydrogen) atoms. The third-order valence-corrected chi connectivity index (χ3v) is 5.67. The Bertz CT molecular complexity index is 566. The molecule has 0 heterocycles. The van der Waals surface area contributed by atoms with E-state index in [9.17, 15) is 8.42 Å². The number of hydrogen-bond acceptors (Lipinski definition) is 3. The average molecular weight is 310 g/mol. The maximum atomic E-state index is 12.6. The number of rotatable bonds is 8. The molecule has 2 rings (SSSR count). The summed E-state index contributed by atoms with van der Waals surface area (Å²) in [6, 6.07) is 5.75. The van der Waals surface area contributed by atoms with Crippen molar-refractivity contribution in [2.75, 3.05) is 13.1 Å². The fraction of sp³-hybridized carbons (Fsp3) is 0.625. The molecule has 0 spiro atoms. The van der Waals surface area contributed by atoms with E-state index in [-0.39, 0.29) is 0 Å². The van der Waals surface area contributed by atoms with Gasteiger partial charge in [-0.1, -0.05) is 32.4 Å². The second-order valence-electron chi connectivity index (χ2n) is 5.72. The molecule has 5 heteroatoms. The minimum absolute atomic E-state index is 0.444. The van der Waals surface area contributed by atoms with Gasteiger partial charge in [-0.2, -0.15) is 0 Å². The quantitative estimate of drug-likeness (QED) is 0.775. The maximum absolute atomic E-state index is 12.6. The van der Waals surface area contributed by atoms with Crippen molar-refractivity contribution in [2.24, 2.45) is 5.92 Å². The van der Waals surface area contributed by atoms with E-state index in [0.29, 0.717) is 23.9 Å². The van der Waals surface area contributed by atoms with Gasteiger partial charge in [0, 0.05) is 13.1 Å². The topological polar surface area (TPSA) is 58.2 Å². The number of aryl methyl sites for hydroxylation is 1. The summed E-state index contributed by atoms with van der Waals surface area (Å²) in [5, 5.41) is 3.23. The molecule has 1 aliphatic carbocycles. The molecular weight excluding hydrogens is 284 g/mol. The summed E-state index contributed by atoms with van der Waals surface area (Å²) < 4.78 is 27.9. The van der Waals surface area contributed by atoms with Crippen LogP contribution in [-0.2, 0) is 23.0 Å². The highest BCUT2D eigenvalue weighted by atomic mass is 32.2. The van der Waals surface area contributed by atoms with Crippen LogP contribution < -0.4 is 10.0 Å². The molecule has 0 atom stereocenters. The van der Waals surface area contributed by atoms with Crippen molar-refractivity contribution < 1.29 is 8.42 Å². The number of nitrogens with one attached hydrogen (secondary N) is 2. The molecule has 0 amide bonds. The lowest BCUT2D eigenvalue weighted by molar-refractivity contribution is 0.316. The van der Waals surface area contributed by atoms with Crippen LogP contribution in [-0.4, -0.2) is 21.5 Å². The van der Waals surface area contributed by atoms with Gasteiger partial charge in [0.1, 0.15) is 0 Å². The van der Waals surface area contributed by atoms with E-state index in [2.05, 4.69) is 10.0 Å². The van der Waals surface area contributed by atoms with E-state index in [0.717, 1.165) is 36.9 Å². The molecule has 1 fully saturated rings. The van der Waals surface area contributed by atoms with Gasteiger partial charge in [-0.05, 0) is 48.9 Å². The molecule has 0 saturated heterocycles. The Labute approximate surface area is 128 Å². The lowest BCUT2D eigenvalue weighted by Gasteiger charge is -2.25. The monoisotopic (exact) mass is 310 g/mol. The lowest BCUT2D eigenvalue weighted by atomic mass is 9.86. The van der Waals surface area contributed by atoms with E-state index in [1.165, 1.54) is 6.42 Å². The van der Waals surface area contributed by atoms with Crippen molar-refractivity contribution in [1.82, 2.24) is 10.0 Å². The van der Waals surface area contributed by atoms with Crippen molar-refractivity contribution in [3.05, 3.63) is 29.3 Å². The predicted octanol–water partition coefficient (Wildman–Crippen LogP) is 2.44. The molecular formula is C16H26N2O2S. The molecule has 1 aliphatic rings. The standard InChI is InChI=1S/C16H26N2O2S/c1-3-15-9-8-14(11-17-4-2)10-16(15)21(19,20)18-12-13-6-5-7-13/h8-10,13,17-18H,3-7,11-12H2,1-2H3. The van der Waals surface area contributed by atoms with Gasteiger partial charge in [0.25, 0.3) is 0 Å². The van der Waals surface area contributed by atoms with Gasteiger partial charge >= 0.3 is 0 Å². The molecule has 118 valence electrons. The van der Waals surface area contributed by atoms with E-state index < -0.39 is 10.0 Å². The first-order valence-electron chi connectivity index (χ1n) is 7.89. The van der Waals surface area contributed by atoms with Crippen molar-refractivity contribution >= 4 is 10.0 Å².